The van der Waals surface area contributed by atoms with Crippen LogP contribution in [0, 0.1) is 5.92 Å². The minimum absolute atomic E-state index is 0.0798. The van der Waals surface area contributed by atoms with Crippen molar-refractivity contribution in [2.75, 3.05) is 13.1 Å². The van der Waals surface area contributed by atoms with Crippen molar-refractivity contribution in [3.8, 4) is 0 Å². The number of likely N-dealkylation sites (tertiary alicyclic amines) is 1. The minimum atomic E-state index is -0.667. The summed E-state index contributed by atoms with van der Waals surface area (Å²) in [6.07, 6.45) is 1.51. The maximum atomic E-state index is 12.1. The number of carbonyl (C=O) groups excluding carboxylic acids is 1. The molecule has 0 bridgehead atoms. The Morgan fingerprint density at radius 3 is 2.75 bits per heavy atom. The molecule has 16 heavy (non-hydrogen) atoms. The summed E-state index contributed by atoms with van der Waals surface area (Å²) >= 11 is 1.54. The van der Waals surface area contributed by atoms with Crippen molar-refractivity contribution in [2.24, 2.45) is 5.92 Å². The lowest BCUT2D eigenvalue weighted by Gasteiger charge is -2.23. The lowest BCUT2D eigenvalue weighted by Crippen LogP contribution is -2.35. The van der Waals surface area contributed by atoms with Crippen LogP contribution in [0.2, 0.25) is 0 Å². The molecule has 2 unspecified atom stereocenters. The lowest BCUT2D eigenvalue weighted by molar-refractivity contribution is -0.137. The standard InChI is InChI=1S/C12H17NO2S/c1-9(11(14)10-4-7-16-8-10)12(15)13-5-2-3-6-13/h4,7-9,11,14H,2-3,5-6H2,1H3. The van der Waals surface area contributed by atoms with E-state index in [1.165, 1.54) is 0 Å². The Balaban J connectivity index is 2.01. The van der Waals surface area contributed by atoms with Crippen LogP contribution in [0.3, 0.4) is 0 Å². The van der Waals surface area contributed by atoms with Crippen LogP contribution in [0.5, 0.6) is 0 Å². The zero-order chi connectivity index (χ0) is 11.5. The molecule has 3 nitrogen and oxygen atoms in total. The highest BCUT2D eigenvalue weighted by Crippen LogP contribution is 2.26. The highest BCUT2D eigenvalue weighted by atomic mass is 32.1. The van der Waals surface area contributed by atoms with Gasteiger partial charge in [0.05, 0.1) is 12.0 Å². The van der Waals surface area contributed by atoms with Crippen molar-refractivity contribution in [2.45, 2.75) is 25.9 Å². The van der Waals surface area contributed by atoms with Gasteiger partial charge in [-0.1, -0.05) is 6.92 Å². The summed E-state index contributed by atoms with van der Waals surface area (Å²) in [6.45, 7) is 3.50. The van der Waals surface area contributed by atoms with Gasteiger partial charge in [0.15, 0.2) is 0 Å². The molecular weight excluding hydrogens is 222 g/mol. The molecule has 0 saturated carbocycles. The maximum Gasteiger partial charge on any atom is 0.228 e. The van der Waals surface area contributed by atoms with E-state index >= 15 is 0 Å². The molecule has 1 saturated heterocycles. The van der Waals surface area contributed by atoms with Gasteiger partial charge in [0.2, 0.25) is 5.91 Å². The Morgan fingerprint density at radius 2 is 2.19 bits per heavy atom. The van der Waals surface area contributed by atoms with Crippen LogP contribution in [0.1, 0.15) is 31.4 Å². The second-order valence-electron chi connectivity index (χ2n) is 4.32. The molecule has 1 amide bonds. The van der Waals surface area contributed by atoms with Gasteiger partial charge in [0.25, 0.3) is 0 Å². The molecule has 1 fully saturated rings. The molecule has 1 aromatic rings. The molecule has 2 rings (SSSR count). The Bertz CT molecular complexity index is 344. The number of amides is 1. The molecule has 4 heteroatoms. The van der Waals surface area contributed by atoms with E-state index in [-0.39, 0.29) is 11.8 Å². The highest BCUT2D eigenvalue weighted by molar-refractivity contribution is 7.07. The molecular formula is C12H17NO2S. The molecule has 0 spiro atoms. The fourth-order valence-electron chi connectivity index (χ4n) is 2.09. The highest BCUT2D eigenvalue weighted by Gasteiger charge is 2.29. The van der Waals surface area contributed by atoms with Gasteiger partial charge in [0.1, 0.15) is 0 Å². The summed E-state index contributed by atoms with van der Waals surface area (Å²) in [7, 11) is 0. The lowest BCUT2D eigenvalue weighted by atomic mass is 9.98. The van der Waals surface area contributed by atoms with E-state index in [1.807, 2.05) is 28.7 Å². The number of rotatable bonds is 3. The molecule has 0 aromatic carbocycles. The van der Waals surface area contributed by atoms with Gasteiger partial charge in [-0.3, -0.25) is 4.79 Å². The van der Waals surface area contributed by atoms with E-state index in [0.717, 1.165) is 31.5 Å². The molecule has 2 atom stereocenters. The van der Waals surface area contributed by atoms with Gasteiger partial charge >= 0.3 is 0 Å². The van der Waals surface area contributed by atoms with Crippen molar-refractivity contribution in [1.29, 1.82) is 0 Å². The monoisotopic (exact) mass is 239 g/mol. The van der Waals surface area contributed by atoms with Gasteiger partial charge in [0, 0.05) is 13.1 Å². The first-order valence-corrected chi connectivity index (χ1v) is 6.63. The average Bonchev–Trinajstić information content (AvgIpc) is 2.97. The summed E-state index contributed by atoms with van der Waals surface area (Å²) in [4.78, 5) is 13.9. The molecule has 0 radical (unpaired) electrons. The number of carbonyl (C=O) groups is 1. The third kappa shape index (κ3) is 2.28. The molecule has 1 aromatic heterocycles. The van der Waals surface area contributed by atoms with Crippen LogP contribution in [-0.4, -0.2) is 29.0 Å². The van der Waals surface area contributed by atoms with E-state index in [1.54, 1.807) is 11.3 Å². The predicted molar refractivity (Wildman–Crippen MR) is 64.3 cm³/mol. The summed E-state index contributed by atoms with van der Waals surface area (Å²) in [5.74, 6) is -0.260. The Hall–Kier alpha value is -0.870. The Kier molecular flexibility index (Phi) is 3.61. The van der Waals surface area contributed by atoms with Gasteiger partial charge in [-0.2, -0.15) is 11.3 Å². The first-order chi connectivity index (χ1) is 7.70. The zero-order valence-electron chi connectivity index (χ0n) is 9.43. The number of aliphatic hydroxyl groups excluding tert-OH is 1. The summed E-state index contributed by atoms with van der Waals surface area (Å²) in [5, 5.41) is 13.9. The Morgan fingerprint density at radius 1 is 1.50 bits per heavy atom. The van der Waals surface area contributed by atoms with Crippen molar-refractivity contribution < 1.29 is 9.90 Å². The van der Waals surface area contributed by atoms with Crippen molar-refractivity contribution in [1.82, 2.24) is 4.90 Å². The second kappa shape index (κ2) is 4.97. The number of thiophene rings is 1. The second-order valence-corrected chi connectivity index (χ2v) is 5.10. The largest absolute Gasteiger partial charge is 0.388 e. The first-order valence-electron chi connectivity index (χ1n) is 5.69. The average molecular weight is 239 g/mol. The van der Waals surface area contributed by atoms with Crippen LogP contribution in [0.4, 0.5) is 0 Å². The first kappa shape index (κ1) is 11.6. The minimum Gasteiger partial charge on any atom is -0.388 e. The van der Waals surface area contributed by atoms with Crippen LogP contribution in [-0.2, 0) is 4.79 Å². The molecule has 2 heterocycles. The van der Waals surface area contributed by atoms with Crippen molar-refractivity contribution in [3.63, 3.8) is 0 Å². The zero-order valence-corrected chi connectivity index (χ0v) is 10.2. The topological polar surface area (TPSA) is 40.5 Å². The SMILES string of the molecule is CC(C(=O)N1CCCC1)C(O)c1ccsc1. The quantitative estimate of drug-likeness (QED) is 0.877. The van der Waals surface area contributed by atoms with Crippen LogP contribution >= 0.6 is 11.3 Å². The van der Waals surface area contributed by atoms with Crippen molar-refractivity contribution in [3.05, 3.63) is 22.4 Å². The normalized spacial score (nSPS) is 19.8. The molecule has 88 valence electrons. The van der Waals surface area contributed by atoms with Gasteiger partial charge < -0.3 is 10.0 Å². The van der Waals surface area contributed by atoms with Gasteiger partial charge in [-0.15, -0.1) is 0 Å². The van der Waals surface area contributed by atoms with Crippen LogP contribution in [0.15, 0.2) is 16.8 Å². The summed E-state index contributed by atoms with van der Waals surface area (Å²) in [6, 6.07) is 1.88. The molecule has 1 N–H and O–H groups in total. The van der Waals surface area contributed by atoms with Crippen LogP contribution in [0.25, 0.3) is 0 Å². The number of aliphatic hydroxyl groups is 1. The van der Waals surface area contributed by atoms with Crippen molar-refractivity contribution >= 4 is 17.2 Å². The fraction of sp³-hybridized carbons (Fsp3) is 0.583. The molecule has 1 aliphatic heterocycles. The number of hydrogen-bond donors (Lipinski definition) is 1. The number of nitrogens with zero attached hydrogens (tertiary/aromatic N) is 1. The third-order valence-electron chi connectivity index (χ3n) is 3.17. The maximum absolute atomic E-state index is 12.1. The van der Waals surface area contributed by atoms with Crippen LogP contribution < -0.4 is 0 Å². The smallest absolute Gasteiger partial charge is 0.228 e. The predicted octanol–water partition coefficient (Wildman–Crippen LogP) is 2.04. The van der Waals surface area contributed by atoms with Gasteiger partial charge in [-0.25, -0.2) is 0 Å². The third-order valence-corrected chi connectivity index (χ3v) is 3.87. The number of hydrogen-bond acceptors (Lipinski definition) is 3. The summed E-state index contributed by atoms with van der Waals surface area (Å²) < 4.78 is 0. The van der Waals surface area contributed by atoms with E-state index < -0.39 is 6.10 Å². The molecule has 1 aliphatic rings. The fourth-order valence-corrected chi connectivity index (χ4v) is 2.78. The van der Waals surface area contributed by atoms with E-state index in [4.69, 9.17) is 0 Å². The molecule has 0 aliphatic carbocycles. The Labute approximate surface area is 99.7 Å². The van der Waals surface area contributed by atoms with E-state index in [9.17, 15) is 9.90 Å². The van der Waals surface area contributed by atoms with Gasteiger partial charge in [-0.05, 0) is 35.2 Å². The van der Waals surface area contributed by atoms with E-state index in [0.29, 0.717) is 0 Å². The summed E-state index contributed by atoms with van der Waals surface area (Å²) in [5.41, 5.74) is 0.852. The van der Waals surface area contributed by atoms with E-state index in [2.05, 4.69) is 0 Å².